The Balaban J connectivity index is 2.38. The van der Waals surface area contributed by atoms with Gasteiger partial charge >= 0.3 is 5.97 Å². The quantitative estimate of drug-likeness (QED) is 0.854. The molecule has 0 saturated carbocycles. The van der Waals surface area contributed by atoms with E-state index in [2.05, 4.69) is 37.4 Å². The average molecular weight is 283 g/mol. The van der Waals surface area contributed by atoms with Gasteiger partial charge in [0.1, 0.15) is 0 Å². The number of aliphatic carboxylic acids is 1. The molecule has 2 aromatic rings. The number of nitrogens with one attached hydrogen (secondary N) is 1. The molecule has 0 radical (unpaired) electrons. The average Bonchev–Trinajstić information content (AvgIpc) is 2.44. The lowest BCUT2D eigenvalue weighted by Crippen LogP contribution is -2.12. The van der Waals surface area contributed by atoms with Crippen LogP contribution in [-0.2, 0) is 17.8 Å². The van der Waals surface area contributed by atoms with Gasteiger partial charge in [-0.15, -0.1) is 0 Å². The van der Waals surface area contributed by atoms with Gasteiger partial charge in [-0.05, 0) is 35.7 Å². The summed E-state index contributed by atoms with van der Waals surface area (Å²) >= 11 is 0. The van der Waals surface area contributed by atoms with Crippen LogP contribution in [0.15, 0.2) is 42.5 Å². The predicted molar refractivity (Wildman–Crippen MR) is 85.3 cm³/mol. The third-order valence-electron chi connectivity index (χ3n) is 3.42. The standard InChI is InChI=1S/C18H21NO2/c1-3-19-12-16-9-13(2)7-8-17(16)15-6-4-5-14(10-15)11-18(20)21/h4-10,19H,3,11-12H2,1-2H3,(H,20,21). The highest BCUT2D eigenvalue weighted by atomic mass is 16.4. The monoisotopic (exact) mass is 283 g/mol. The zero-order valence-corrected chi connectivity index (χ0v) is 12.5. The fourth-order valence-electron chi connectivity index (χ4n) is 2.43. The van der Waals surface area contributed by atoms with Crippen molar-refractivity contribution in [2.24, 2.45) is 0 Å². The van der Waals surface area contributed by atoms with E-state index < -0.39 is 5.97 Å². The fourth-order valence-corrected chi connectivity index (χ4v) is 2.43. The molecule has 0 fully saturated rings. The summed E-state index contributed by atoms with van der Waals surface area (Å²) in [7, 11) is 0. The first-order valence-electron chi connectivity index (χ1n) is 7.21. The third kappa shape index (κ3) is 4.17. The van der Waals surface area contributed by atoms with Gasteiger partial charge in [0.2, 0.25) is 0 Å². The van der Waals surface area contributed by atoms with Crippen molar-refractivity contribution in [1.82, 2.24) is 5.32 Å². The Morgan fingerprint density at radius 1 is 1.19 bits per heavy atom. The zero-order chi connectivity index (χ0) is 15.2. The molecule has 3 nitrogen and oxygen atoms in total. The van der Waals surface area contributed by atoms with Gasteiger partial charge in [0.15, 0.2) is 0 Å². The lowest BCUT2D eigenvalue weighted by atomic mass is 9.96. The van der Waals surface area contributed by atoms with E-state index in [1.165, 1.54) is 11.1 Å². The summed E-state index contributed by atoms with van der Waals surface area (Å²) < 4.78 is 0. The second-order valence-corrected chi connectivity index (χ2v) is 5.21. The van der Waals surface area contributed by atoms with Crippen LogP contribution in [0.2, 0.25) is 0 Å². The van der Waals surface area contributed by atoms with Crippen LogP contribution in [0.25, 0.3) is 11.1 Å². The molecule has 0 unspecified atom stereocenters. The molecular weight excluding hydrogens is 262 g/mol. The molecule has 0 heterocycles. The van der Waals surface area contributed by atoms with E-state index in [9.17, 15) is 4.79 Å². The summed E-state index contributed by atoms with van der Waals surface area (Å²) in [4.78, 5) is 10.9. The topological polar surface area (TPSA) is 49.3 Å². The molecular formula is C18H21NO2. The summed E-state index contributed by atoms with van der Waals surface area (Å²) in [6.45, 7) is 5.91. The molecule has 0 bridgehead atoms. The Kier molecular flexibility index (Phi) is 5.12. The highest BCUT2D eigenvalue weighted by Crippen LogP contribution is 2.26. The van der Waals surface area contributed by atoms with Crippen molar-refractivity contribution in [1.29, 1.82) is 0 Å². The summed E-state index contributed by atoms with van der Waals surface area (Å²) in [5, 5.41) is 12.3. The zero-order valence-electron chi connectivity index (χ0n) is 12.5. The molecule has 0 atom stereocenters. The van der Waals surface area contributed by atoms with Crippen LogP contribution in [0.1, 0.15) is 23.6 Å². The van der Waals surface area contributed by atoms with E-state index in [1.54, 1.807) is 0 Å². The molecule has 2 aromatic carbocycles. The molecule has 3 heteroatoms. The minimum absolute atomic E-state index is 0.0578. The summed E-state index contributed by atoms with van der Waals surface area (Å²) in [6.07, 6.45) is 0.0578. The maximum atomic E-state index is 10.9. The second-order valence-electron chi connectivity index (χ2n) is 5.21. The first-order valence-corrected chi connectivity index (χ1v) is 7.21. The van der Waals surface area contributed by atoms with Crippen LogP contribution in [-0.4, -0.2) is 17.6 Å². The first kappa shape index (κ1) is 15.3. The van der Waals surface area contributed by atoms with E-state index in [-0.39, 0.29) is 6.42 Å². The Labute approximate surface area is 125 Å². The minimum Gasteiger partial charge on any atom is -0.481 e. The largest absolute Gasteiger partial charge is 0.481 e. The number of benzene rings is 2. The van der Waals surface area contributed by atoms with E-state index in [0.717, 1.165) is 29.8 Å². The third-order valence-corrected chi connectivity index (χ3v) is 3.42. The molecule has 110 valence electrons. The van der Waals surface area contributed by atoms with Gasteiger partial charge in [0.25, 0.3) is 0 Å². The summed E-state index contributed by atoms with van der Waals surface area (Å²) in [5.41, 5.74) is 5.53. The van der Waals surface area contributed by atoms with Gasteiger partial charge in [0, 0.05) is 6.54 Å². The van der Waals surface area contributed by atoms with Crippen LogP contribution in [0.3, 0.4) is 0 Å². The van der Waals surface area contributed by atoms with E-state index in [1.807, 2.05) is 24.3 Å². The number of carboxylic acids is 1. The Bertz CT molecular complexity index is 635. The van der Waals surface area contributed by atoms with Crippen LogP contribution >= 0.6 is 0 Å². The molecule has 0 aliphatic carbocycles. The lowest BCUT2D eigenvalue weighted by molar-refractivity contribution is -0.136. The SMILES string of the molecule is CCNCc1cc(C)ccc1-c1cccc(CC(=O)O)c1. The van der Waals surface area contributed by atoms with Crippen molar-refractivity contribution in [2.75, 3.05) is 6.54 Å². The molecule has 0 aromatic heterocycles. The van der Waals surface area contributed by atoms with Gasteiger partial charge in [-0.2, -0.15) is 0 Å². The van der Waals surface area contributed by atoms with Gasteiger partial charge in [-0.25, -0.2) is 0 Å². The lowest BCUT2D eigenvalue weighted by Gasteiger charge is -2.12. The number of carbonyl (C=O) groups is 1. The smallest absolute Gasteiger partial charge is 0.307 e. The van der Waals surface area contributed by atoms with Crippen molar-refractivity contribution in [3.63, 3.8) is 0 Å². The van der Waals surface area contributed by atoms with Crippen LogP contribution in [0, 0.1) is 6.92 Å². The van der Waals surface area contributed by atoms with Crippen molar-refractivity contribution in [3.8, 4) is 11.1 Å². The first-order chi connectivity index (χ1) is 10.1. The van der Waals surface area contributed by atoms with Crippen LogP contribution < -0.4 is 5.32 Å². The van der Waals surface area contributed by atoms with Crippen molar-refractivity contribution in [2.45, 2.75) is 26.8 Å². The van der Waals surface area contributed by atoms with Crippen molar-refractivity contribution >= 4 is 5.97 Å². The van der Waals surface area contributed by atoms with E-state index in [0.29, 0.717) is 0 Å². The summed E-state index contributed by atoms with van der Waals surface area (Å²) in [5.74, 6) is -0.802. The molecule has 0 aliphatic rings. The van der Waals surface area contributed by atoms with Gasteiger partial charge in [-0.1, -0.05) is 55.0 Å². The van der Waals surface area contributed by atoms with Crippen molar-refractivity contribution in [3.05, 3.63) is 59.2 Å². The minimum atomic E-state index is -0.802. The second kappa shape index (κ2) is 7.04. The Hall–Kier alpha value is -2.13. The fraction of sp³-hybridized carbons (Fsp3) is 0.278. The molecule has 2 rings (SSSR count). The maximum Gasteiger partial charge on any atom is 0.307 e. The molecule has 0 spiro atoms. The van der Waals surface area contributed by atoms with Gasteiger partial charge in [0.05, 0.1) is 6.42 Å². The Morgan fingerprint density at radius 3 is 2.71 bits per heavy atom. The molecule has 0 saturated heterocycles. The number of hydrogen-bond donors (Lipinski definition) is 2. The molecule has 0 amide bonds. The highest BCUT2D eigenvalue weighted by molar-refractivity contribution is 5.73. The summed E-state index contributed by atoms with van der Waals surface area (Å²) in [6, 6.07) is 14.2. The van der Waals surface area contributed by atoms with E-state index in [4.69, 9.17) is 5.11 Å². The van der Waals surface area contributed by atoms with Crippen LogP contribution in [0.5, 0.6) is 0 Å². The number of rotatable bonds is 6. The molecule has 0 aliphatic heterocycles. The van der Waals surface area contributed by atoms with Gasteiger partial charge < -0.3 is 10.4 Å². The Morgan fingerprint density at radius 2 is 2.00 bits per heavy atom. The number of aryl methyl sites for hydroxylation is 1. The number of carboxylic acid groups (broad SMARTS) is 1. The van der Waals surface area contributed by atoms with Crippen molar-refractivity contribution < 1.29 is 9.90 Å². The molecule has 2 N–H and O–H groups in total. The predicted octanol–water partition coefficient (Wildman–Crippen LogP) is 3.40. The van der Waals surface area contributed by atoms with Crippen LogP contribution in [0.4, 0.5) is 0 Å². The normalized spacial score (nSPS) is 10.6. The molecule has 21 heavy (non-hydrogen) atoms. The number of hydrogen-bond acceptors (Lipinski definition) is 2. The van der Waals surface area contributed by atoms with Gasteiger partial charge in [-0.3, -0.25) is 4.79 Å². The van der Waals surface area contributed by atoms with E-state index >= 15 is 0 Å². The highest BCUT2D eigenvalue weighted by Gasteiger charge is 2.07. The maximum absolute atomic E-state index is 10.9.